The Hall–Kier alpha value is -2.58. The summed E-state index contributed by atoms with van der Waals surface area (Å²) in [6, 6.07) is 21.0. The number of ether oxygens (including phenoxy) is 1. The SMILES string of the molecule is O=C(CSc1nc2ccccc2s1)N/N=C\c1cc(Cl)c(OCc2ccccc2)c(Cl)c1. The lowest BCUT2D eigenvalue weighted by atomic mass is 10.2. The molecule has 1 amide bonds. The fourth-order valence-electron chi connectivity index (χ4n) is 2.77. The molecule has 4 aromatic rings. The number of nitrogens with zero attached hydrogens (tertiary/aromatic N) is 2. The molecule has 162 valence electrons. The molecular formula is C23H17Cl2N3O2S2. The van der Waals surface area contributed by atoms with Crippen molar-refractivity contribution in [2.24, 2.45) is 5.10 Å². The molecule has 0 bridgehead atoms. The highest BCUT2D eigenvalue weighted by Crippen LogP contribution is 2.34. The number of halogens is 2. The number of para-hydroxylation sites is 1. The van der Waals surface area contributed by atoms with Gasteiger partial charge in [0, 0.05) is 0 Å². The zero-order valence-electron chi connectivity index (χ0n) is 16.6. The van der Waals surface area contributed by atoms with Gasteiger partial charge >= 0.3 is 0 Å². The molecule has 1 aromatic heterocycles. The number of rotatable bonds is 8. The number of benzene rings is 3. The normalized spacial score (nSPS) is 11.2. The summed E-state index contributed by atoms with van der Waals surface area (Å²) in [7, 11) is 0. The number of hydrogen-bond acceptors (Lipinski definition) is 6. The van der Waals surface area contributed by atoms with Gasteiger partial charge in [0.15, 0.2) is 10.1 Å². The van der Waals surface area contributed by atoms with Gasteiger partial charge in [0.05, 0.1) is 32.2 Å². The van der Waals surface area contributed by atoms with Gasteiger partial charge in [0.2, 0.25) is 0 Å². The molecule has 0 spiro atoms. The summed E-state index contributed by atoms with van der Waals surface area (Å²) in [6.45, 7) is 0.357. The van der Waals surface area contributed by atoms with E-state index in [9.17, 15) is 4.79 Å². The first kappa shape index (κ1) is 22.6. The molecule has 0 aliphatic heterocycles. The predicted octanol–water partition coefficient (Wildman–Crippen LogP) is 6.42. The summed E-state index contributed by atoms with van der Waals surface area (Å²) in [5, 5.41) is 4.73. The van der Waals surface area contributed by atoms with Crippen molar-refractivity contribution in [2.45, 2.75) is 10.9 Å². The third kappa shape index (κ3) is 6.01. The number of nitrogens with one attached hydrogen (secondary N) is 1. The summed E-state index contributed by atoms with van der Waals surface area (Å²) in [5.41, 5.74) is 5.09. The monoisotopic (exact) mass is 501 g/mol. The molecule has 1 N–H and O–H groups in total. The largest absolute Gasteiger partial charge is 0.486 e. The van der Waals surface area contributed by atoms with Crippen molar-refractivity contribution in [3.63, 3.8) is 0 Å². The third-order valence-electron chi connectivity index (χ3n) is 4.25. The lowest BCUT2D eigenvalue weighted by molar-refractivity contribution is -0.118. The van der Waals surface area contributed by atoms with Gasteiger partial charge in [-0.1, -0.05) is 77.4 Å². The quantitative estimate of drug-likeness (QED) is 0.172. The Kier molecular flexibility index (Phi) is 7.65. The lowest BCUT2D eigenvalue weighted by Crippen LogP contribution is -2.19. The molecule has 0 saturated carbocycles. The van der Waals surface area contributed by atoms with Gasteiger partial charge in [-0.3, -0.25) is 4.79 Å². The van der Waals surface area contributed by atoms with Crippen molar-refractivity contribution < 1.29 is 9.53 Å². The lowest BCUT2D eigenvalue weighted by Gasteiger charge is -2.11. The molecule has 3 aromatic carbocycles. The maximum absolute atomic E-state index is 12.1. The van der Waals surface area contributed by atoms with E-state index in [4.69, 9.17) is 27.9 Å². The molecule has 0 saturated heterocycles. The topological polar surface area (TPSA) is 63.6 Å². The standard InChI is InChI=1S/C23H17Cl2N3O2S2/c24-17-10-16(11-18(25)22(17)30-13-15-6-2-1-3-7-15)12-26-28-21(29)14-31-23-27-19-8-4-5-9-20(19)32-23/h1-12H,13-14H2,(H,28,29)/b26-12-. The fraction of sp³-hybridized carbons (Fsp3) is 0.0870. The van der Waals surface area contributed by atoms with Gasteiger partial charge in [-0.25, -0.2) is 10.4 Å². The molecule has 0 atom stereocenters. The highest BCUT2D eigenvalue weighted by molar-refractivity contribution is 8.01. The molecule has 1 heterocycles. The van der Waals surface area contributed by atoms with Gasteiger partial charge in [-0.2, -0.15) is 5.10 Å². The molecule has 0 aliphatic carbocycles. The summed E-state index contributed by atoms with van der Waals surface area (Å²) >= 11 is 15.6. The minimum absolute atomic E-state index is 0.213. The number of hydrazone groups is 1. The molecule has 32 heavy (non-hydrogen) atoms. The Morgan fingerprint density at radius 3 is 2.56 bits per heavy atom. The number of fused-ring (bicyclic) bond motifs is 1. The molecule has 5 nitrogen and oxygen atoms in total. The number of carbonyl (C=O) groups is 1. The second kappa shape index (κ2) is 10.8. The van der Waals surface area contributed by atoms with Crippen LogP contribution in [0.1, 0.15) is 11.1 Å². The summed E-state index contributed by atoms with van der Waals surface area (Å²) < 4.78 is 7.70. The van der Waals surface area contributed by atoms with E-state index in [0.717, 1.165) is 20.1 Å². The Bertz CT molecular complexity index is 1210. The van der Waals surface area contributed by atoms with Gasteiger partial charge in [0.25, 0.3) is 5.91 Å². The molecule has 0 aliphatic rings. The fourth-order valence-corrected chi connectivity index (χ4v) is 5.25. The van der Waals surface area contributed by atoms with Crippen LogP contribution in [0.3, 0.4) is 0 Å². The van der Waals surface area contributed by atoms with Gasteiger partial charge < -0.3 is 4.74 Å². The predicted molar refractivity (Wildman–Crippen MR) is 133 cm³/mol. The van der Waals surface area contributed by atoms with Crippen molar-refractivity contribution in [2.75, 3.05) is 5.75 Å². The number of thioether (sulfide) groups is 1. The zero-order valence-corrected chi connectivity index (χ0v) is 19.8. The van der Waals surface area contributed by atoms with Crippen molar-refractivity contribution in [1.29, 1.82) is 0 Å². The number of thiazole rings is 1. The number of carbonyl (C=O) groups excluding carboxylic acids is 1. The first-order valence-corrected chi connectivity index (χ1v) is 12.1. The number of amides is 1. The van der Waals surface area contributed by atoms with Crippen molar-refractivity contribution in [3.05, 3.63) is 87.9 Å². The van der Waals surface area contributed by atoms with E-state index in [-0.39, 0.29) is 11.7 Å². The van der Waals surface area contributed by atoms with Crippen LogP contribution >= 0.6 is 46.3 Å². The summed E-state index contributed by atoms with van der Waals surface area (Å²) in [6.07, 6.45) is 1.49. The summed E-state index contributed by atoms with van der Waals surface area (Å²) in [4.78, 5) is 16.6. The van der Waals surface area contributed by atoms with Crippen molar-refractivity contribution in [3.8, 4) is 5.75 Å². The molecule has 0 unspecified atom stereocenters. The second-order valence-electron chi connectivity index (χ2n) is 6.62. The van der Waals surface area contributed by atoms with Crippen LogP contribution in [0.5, 0.6) is 5.75 Å². The molecule has 0 fully saturated rings. The van der Waals surface area contributed by atoms with Gasteiger partial charge in [-0.15, -0.1) is 11.3 Å². The maximum atomic E-state index is 12.1. The van der Waals surface area contributed by atoms with E-state index >= 15 is 0 Å². The van der Waals surface area contributed by atoms with E-state index in [0.29, 0.717) is 28.0 Å². The van der Waals surface area contributed by atoms with Crippen LogP contribution in [-0.2, 0) is 11.4 Å². The third-order valence-corrected chi connectivity index (χ3v) is 6.99. The Morgan fingerprint density at radius 2 is 1.81 bits per heavy atom. The van der Waals surface area contributed by atoms with E-state index in [1.54, 1.807) is 23.5 Å². The highest BCUT2D eigenvalue weighted by atomic mass is 35.5. The number of hydrogen-bond donors (Lipinski definition) is 1. The highest BCUT2D eigenvalue weighted by Gasteiger charge is 2.10. The van der Waals surface area contributed by atoms with Crippen LogP contribution < -0.4 is 10.2 Å². The number of aromatic nitrogens is 1. The Morgan fingerprint density at radius 1 is 1.09 bits per heavy atom. The van der Waals surface area contributed by atoms with Crippen molar-refractivity contribution in [1.82, 2.24) is 10.4 Å². The first-order chi connectivity index (χ1) is 15.6. The van der Waals surface area contributed by atoms with Crippen molar-refractivity contribution >= 4 is 68.6 Å². The van der Waals surface area contributed by atoms with Gasteiger partial charge in [-0.05, 0) is 35.4 Å². The molecule has 9 heteroatoms. The Labute approximate surface area is 203 Å². The minimum Gasteiger partial charge on any atom is -0.486 e. The zero-order chi connectivity index (χ0) is 22.3. The molecular weight excluding hydrogens is 485 g/mol. The van der Waals surface area contributed by atoms with Crippen LogP contribution in [0.2, 0.25) is 10.0 Å². The molecule has 4 rings (SSSR count). The van der Waals surface area contributed by atoms with E-state index in [1.165, 1.54) is 18.0 Å². The second-order valence-corrected chi connectivity index (χ2v) is 9.68. The average molecular weight is 502 g/mol. The van der Waals surface area contributed by atoms with E-state index in [1.807, 2.05) is 54.6 Å². The van der Waals surface area contributed by atoms with Crippen LogP contribution in [-0.4, -0.2) is 22.9 Å². The van der Waals surface area contributed by atoms with Crippen LogP contribution in [0.15, 0.2) is 76.2 Å². The average Bonchev–Trinajstić information content (AvgIpc) is 3.21. The first-order valence-electron chi connectivity index (χ1n) is 9.54. The van der Waals surface area contributed by atoms with Gasteiger partial charge in [0.1, 0.15) is 6.61 Å². The van der Waals surface area contributed by atoms with E-state index < -0.39 is 0 Å². The van der Waals surface area contributed by atoms with Crippen LogP contribution in [0.4, 0.5) is 0 Å². The van der Waals surface area contributed by atoms with E-state index in [2.05, 4.69) is 15.5 Å². The maximum Gasteiger partial charge on any atom is 0.250 e. The molecule has 0 radical (unpaired) electrons. The van der Waals surface area contributed by atoms with Crippen LogP contribution in [0.25, 0.3) is 10.2 Å². The minimum atomic E-state index is -0.231. The smallest absolute Gasteiger partial charge is 0.250 e. The Balaban J connectivity index is 1.30. The summed E-state index contributed by atoms with van der Waals surface area (Å²) in [5.74, 6) is 0.390. The van der Waals surface area contributed by atoms with Crippen LogP contribution in [0, 0.1) is 0 Å².